The molecule has 1 N–H and O–H groups in total. The van der Waals surface area contributed by atoms with Crippen LogP contribution in [-0.2, 0) is 0 Å². The maximum absolute atomic E-state index is 11.6. The van der Waals surface area contributed by atoms with Crippen LogP contribution in [0.15, 0.2) is 6.07 Å². The van der Waals surface area contributed by atoms with Gasteiger partial charge in [0.05, 0.1) is 0 Å². The third-order valence-electron chi connectivity index (χ3n) is 2.33. The van der Waals surface area contributed by atoms with Gasteiger partial charge in [0.2, 0.25) is 0 Å². The predicted molar refractivity (Wildman–Crippen MR) is 63.6 cm³/mol. The molecule has 0 bridgehead atoms. The van der Waals surface area contributed by atoms with Crippen molar-refractivity contribution in [2.75, 3.05) is 7.05 Å². The average molecular weight is 221 g/mol. The van der Waals surface area contributed by atoms with Crippen molar-refractivity contribution in [2.24, 2.45) is 0 Å². The highest BCUT2D eigenvalue weighted by atomic mass is 16.1. The molecule has 0 saturated heterocycles. The van der Waals surface area contributed by atoms with Crippen LogP contribution in [0.4, 0.5) is 0 Å². The van der Waals surface area contributed by atoms with Gasteiger partial charge >= 0.3 is 0 Å². The van der Waals surface area contributed by atoms with Crippen molar-refractivity contribution in [1.82, 2.24) is 15.3 Å². The van der Waals surface area contributed by atoms with E-state index in [2.05, 4.69) is 29.1 Å². The van der Waals surface area contributed by atoms with Crippen LogP contribution in [0.2, 0.25) is 0 Å². The monoisotopic (exact) mass is 221 g/mol. The van der Waals surface area contributed by atoms with Gasteiger partial charge in [0.1, 0.15) is 11.5 Å². The Morgan fingerprint density at radius 1 is 1.19 bits per heavy atom. The Morgan fingerprint density at radius 3 is 2.25 bits per heavy atom. The standard InChI is InChI=1S/C12H19N3O/c1-7(2)9-6-10(12(16)13-5)15-11(14-9)8(3)4/h6-8H,1-5H3,(H,13,16). The molecule has 0 fully saturated rings. The van der Waals surface area contributed by atoms with E-state index in [1.165, 1.54) is 0 Å². The lowest BCUT2D eigenvalue weighted by Gasteiger charge is -2.11. The quantitative estimate of drug-likeness (QED) is 0.850. The molecule has 0 saturated carbocycles. The van der Waals surface area contributed by atoms with Crippen molar-refractivity contribution >= 4 is 5.91 Å². The lowest BCUT2D eigenvalue weighted by Crippen LogP contribution is -2.21. The van der Waals surface area contributed by atoms with E-state index in [-0.39, 0.29) is 11.8 Å². The summed E-state index contributed by atoms with van der Waals surface area (Å²) >= 11 is 0. The van der Waals surface area contributed by atoms with Crippen LogP contribution in [0, 0.1) is 0 Å². The lowest BCUT2D eigenvalue weighted by atomic mass is 10.1. The summed E-state index contributed by atoms with van der Waals surface area (Å²) in [5.41, 5.74) is 1.36. The third-order valence-corrected chi connectivity index (χ3v) is 2.33. The van der Waals surface area contributed by atoms with Crippen LogP contribution in [0.5, 0.6) is 0 Å². The number of amides is 1. The first-order chi connectivity index (χ1) is 7.45. The van der Waals surface area contributed by atoms with Gasteiger partial charge in [-0.25, -0.2) is 9.97 Å². The Hall–Kier alpha value is -1.45. The van der Waals surface area contributed by atoms with Crippen molar-refractivity contribution in [3.63, 3.8) is 0 Å². The summed E-state index contributed by atoms with van der Waals surface area (Å²) in [5, 5.41) is 2.58. The second-order valence-electron chi connectivity index (χ2n) is 4.42. The van der Waals surface area contributed by atoms with Crippen molar-refractivity contribution < 1.29 is 4.79 Å². The summed E-state index contributed by atoms with van der Waals surface area (Å²) in [6, 6.07) is 1.76. The molecule has 0 unspecified atom stereocenters. The van der Waals surface area contributed by atoms with Crippen LogP contribution in [0.1, 0.15) is 61.5 Å². The first-order valence-electron chi connectivity index (χ1n) is 5.56. The van der Waals surface area contributed by atoms with E-state index in [0.717, 1.165) is 11.5 Å². The van der Waals surface area contributed by atoms with E-state index in [9.17, 15) is 4.79 Å². The SMILES string of the molecule is CNC(=O)c1cc(C(C)C)nc(C(C)C)n1. The number of aromatic nitrogens is 2. The molecule has 1 aromatic rings. The Labute approximate surface area is 96.5 Å². The van der Waals surface area contributed by atoms with Crippen LogP contribution in [0.25, 0.3) is 0 Å². The van der Waals surface area contributed by atoms with Gasteiger partial charge in [0.15, 0.2) is 0 Å². The van der Waals surface area contributed by atoms with Gasteiger partial charge in [-0.3, -0.25) is 4.79 Å². The largest absolute Gasteiger partial charge is 0.354 e. The predicted octanol–water partition coefficient (Wildman–Crippen LogP) is 2.08. The first kappa shape index (κ1) is 12.6. The summed E-state index contributed by atoms with van der Waals surface area (Å²) in [5.74, 6) is 1.09. The van der Waals surface area contributed by atoms with Crippen molar-refractivity contribution in [1.29, 1.82) is 0 Å². The summed E-state index contributed by atoms with van der Waals surface area (Å²) in [4.78, 5) is 20.3. The number of nitrogens with one attached hydrogen (secondary N) is 1. The van der Waals surface area contributed by atoms with Gasteiger partial charge in [0, 0.05) is 18.7 Å². The normalized spacial score (nSPS) is 10.9. The van der Waals surface area contributed by atoms with Gasteiger partial charge < -0.3 is 5.32 Å². The van der Waals surface area contributed by atoms with Gasteiger partial charge in [-0.15, -0.1) is 0 Å². The van der Waals surface area contributed by atoms with Crippen LogP contribution in [-0.4, -0.2) is 22.9 Å². The van der Waals surface area contributed by atoms with Crippen LogP contribution >= 0.6 is 0 Å². The number of carbonyl (C=O) groups excluding carboxylic acids is 1. The number of rotatable bonds is 3. The molecular formula is C12H19N3O. The highest BCUT2D eigenvalue weighted by molar-refractivity contribution is 5.92. The highest BCUT2D eigenvalue weighted by Crippen LogP contribution is 2.16. The van der Waals surface area contributed by atoms with Gasteiger partial charge in [-0.2, -0.15) is 0 Å². The maximum Gasteiger partial charge on any atom is 0.269 e. The molecule has 1 heterocycles. The van der Waals surface area contributed by atoms with E-state index in [0.29, 0.717) is 11.6 Å². The summed E-state index contributed by atoms with van der Waals surface area (Å²) in [6.45, 7) is 8.15. The average Bonchev–Trinajstić information content (AvgIpc) is 2.27. The van der Waals surface area contributed by atoms with Crippen LogP contribution in [0.3, 0.4) is 0 Å². The second kappa shape index (κ2) is 5.05. The number of hydrogen-bond acceptors (Lipinski definition) is 3. The molecule has 88 valence electrons. The molecule has 0 aliphatic heterocycles. The fraction of sp³-hybridized carbons (Fsp3) is 0.583. The molecule has 1 rings (SSSR count). The molecule has 0 aliphatic carbocycles. The zero-order valence-electron chi connectivity index (χ0n) is 10.5. The minimum absolute atomic E-state index is 0.161. The molecule has 0 radical (unpaired) electrons. The zero-order valence-corrected chi connectivity index (χ0v) is 10.5. The second-order valence-corrected chi connectivity index (χ2v) is 4.42. The van der Waals surface area contributed by atoms with Crippen molar-refractivity contribution in [2.45, 2.75) is 39.5 Å². The molecule has 0 atom stereocenters. The Kier molecular flexibility index (Phi) is 3.99. The Bertz CT molecular complexity index is 360. The number of nitrogens with zero attached hydrogens (tertiary/aromatic N) is 2. The molecule has 0 aromatic carbocycles. The Balaban J connectivity index is 3.24. The van der Waals surface area contributed by atoms with E-state index in [1.807, 2.05) is 13.8 Å². The first-order valence-corrected chi connectivity index (χ1v) is 5.56. The van der Waals surface area contributed by atoms with E-state index in [4.69, 9.17) is 0 Å². The Morgan fingerprint density at radius 2 is 1.81 bits per heavy atom. The van der Waals surface area contributed by atoms with Gasteiger partial charge in [-0.05, 0) is 12.0 Å². The third kappa shape index (κ3) is 2.78. The van der Waals surface area contributed by atoms with E-state index >= 15 is 0 Å². The molecule has 1 amide bonds. The molecular weight excluding hydrogens is 202 g/mol. The van der Waals surface area contributed by atoms with E-state index < -0.39 is 0 Å². The van der Waals surface area contributed by atoms with Crippen molar-refractivity contribution in [3.8, 4) is 0 Å². The molecule has 4 nitrogen and oxygen atoms in total. The highest BCUT2D eigenvalue weighted by Gasteiger charge is 2.13. The molecule has 4 heteroatoms. The number of carbonyl (C=O) groups is 1. The molecule has 16 heavy (non-hydrogen) atoms. The fourth-order valence-electron chi connectivity index (χ4n) is 1.28. The topological polar surface area (TPSA) is 54.9 Å². The fourth-order valence-corrected chi connectivity index (χ4v) is 1.28. The lowest BCUT2D eigenvalue weighted by molar-refractivity contribution is 0.0957. The summed E-state index contributed by atoms with van der Waals surface area (Å²) in [7, 11) is 1.61. The maximum atomic E-state index is 11.6. The smallest absolute Gasteiger partial charge is 0.269 e. The molecule has 0 aliphatic rings. The number of hydrogen-bond donors (Lipinski definition) is 1. The molecule has 1 aromatic heterocycles. The minimum atomic E-state index is -0.161. The van der Waals surface area contributed by atoms with Gasteiger partial charge in [-0.1, -0.05) is 27.7 Å². The van der Waals surface area contributed by atoms with Gasteiger partial charge in [0.25, 0.3) is 5.91 Å². The minimum Gasteiger partial charge on any atom is -0.354 e. The zero-order chi connectivity index (χ0) is 12.3. The summed E-state index contributed by atoms with van der Waals surface area (Å²) < 4.78 is 0. The van der Waals surface area contributed by atoms with E-state index in [1.54, 1.807) is 13.1 Å². The van der Waals surface area contributed by atoms with Crippen LogP contribution < -0.4 is 5.32 Å². The van der Waals surface area contributed by atoms with Crippen molar-refractivity contribution in [3.05, 3.63) is 23.3 Å². The molecule has 0 spiro atoms. The summed E-state index contributed by atoms with van der Waals surface area (Å²) in [6.07, 6.45) is 0.